The van der Waals surface area contributed by atoms with Crippen molar-refractivity contribution in [2.75, 3.05) is 18.4 Å². The number of carboxylic acid groups (broad SMARTS) is 2. The molecular formula is C19H18N6O8. The number of aliphatic carboxylic acids is 2. The zero-order valence-electron chi connectivity index (χ0n) is 16.8. The molecule has 172 valence electrons. The summed E-state index contributed by atoms with van der Waals surface area (Å²) in [6.07, 6.45) is 0.138. The molecule has 7 N–H and O–H groups in total. The van der Waals surface area contributed by atoms with Gasteiger partial charge in [-0.1, -0.05) is 30.3 Å². The number of carbonyl (C=O) groups is 4. The number of H-pyrrole nitrogens is 1. The summed E-state index contributed by atoms with van der Waals surface area (Å²) in [7, 11) is 0. The number of anilines is 1. The summed E-state index contributed by atoms with van der Waals surface area (Å²) in [5.41, 5.74) is -0.815. The summed E-state index contributed by atoms with van der Waals surface area (Å²) in [4.78, 5) is 60.6. The number of urea groups is 1. The molecule has 14 heteroatoms. The highest BCUT2D eigenvalue weighted by atomic mass is 16.4. The predicted octanol–water partition coefficient (Wildman–Crippen LogP) is -0.660. The number of benzene rings is 1. The van der Waals surface area contributed by atoms with Gasteiger partial charge >= 0.3 is 18.0 Å². The van der Waals surface area contributed by atoms with Gasteiger partial charge in [-0.05, 0) is 5.56 Å². The number of hydrogen-bond acceptors (Lipinski definition) is 7. The van der Waals surface area contributed by atoms with Crippen LogP contribution in [-0.4, -0.2) is 66.9 Å². The van der Waals surface area contributed by atoms with Gasteiger partial charge in [0.15, 0.2) is 11.4 Å². The van der Waals surface area contributed by atoms with E-state index in [1.807, 2.05) is 5.32 Å². The molecule has 1 aromatic carbocycles. The molecule has 0 atom stereocenters. The molecule has 14 nitrogen and oxygen atoms in total. The van der Waals surface area contributed by atoms with Crippen molar-refractivity contribution in [3.63, 3.8) is 0 Å². The number of amides is 3. The maximum Gasteiger partial charge on any atom is 0.323 e. The summed E-state index contributed by atoms with van der Waals surface area (Å²) < 4.78 is 0.808. The minimum Gasteiger partial charge on any atom is -0.492 e. The zero-order chi connectivity index (χ0) is 24.1. The number of fused-ring (bicyclic) bond motifs is 1. The number of rotatable bonds is 8. The second-order valence-corrected chi connectivity index (χ2v) is 6.68. The lowest BCUT2D eigenvalue weighted by Crippen LogP contribution is -2.34. The molecule has 0 aliphatic carbocycles. The lowest BCUT2D eigenvalue weighted by atomic mass is 10.1. The number of aromatic nitrogens is 3. The number of carboxylic acids is 2. The minimum atomic E-state index is -1.36. The quantitative estimate of drug-likeness (QED) is 0.228. The van der Waals surface area contributed by atoms with Gasteiger partial charge in [0.05, 0.1) is 0 Å². The fraction of sp³-hybridized carbons (Fsp3) is 0.158. The van der Waals surface area contributed by atoms with Gasteiger partial charge in [-0.25, -0.2) is 4.79 Å². The Morgan fingerprint density at radius 3 is 2.27 bits per heavy atom. The molecule has 0 radical (unpaired) electrons. The van der Waals surface area contributed by atoms with Crippen LogP contribution in [0.5, 0.6) is 5.88 Å². The highest BCUT2D eigenvalue weighted by Crippen LogP contribution is 2.26. The van der Waals surface area contributed by atoms with Gasteiger partial charge in [0, 0.05) is 12.0 Å². The number of aromatic amines is 1. The van der Waals surface area contributed by atoms with E-state index in [0.717, 1.165) is 10.1 Å². The number of hydrogen-bond donors (Lipinski definition) is 7. The Kier molecular flexibility index (Phi) is 6.57. The largest absolute Gasteiger partial charge is 0.492 e. The van der Waals surface area contributed by atoms with E-state index in [1.54, 1.807) is 30.3 Å². The van der Waals surface area contributed by atoms with Crippen LogP contribution in [0.15, 0.2) is 35.1 Å². The Morgan fingerprint density at radius 1 is 1.00 bits per heavy atom. The average Bonchev–Trinajstić information content (AvgIpc) is 3.08. The van der Waals surface area contributed by atoms with Crippen LogP contribution in [0.2, 0.25) is 0 Å². The van der Waals surface area contributed by atoms with Crippen molar-refractivity contribution in [1.29, 1.82) is 0 Å². The van der Waals surface area contributed by atoms with E-state index in [-0.39, 0.29) is 23.4 Å². The standard InChI is InChI=1S/C19H18N6O8/c26-11(27)7-20-16(30)13-17(31)23-15-10(6-9-4-2-1-3-5-9)14(24-25(15)18(13)32)22-19(33)21-8-12(28)29/h1-5,32H,6-8H2,(H,20,30)(H,23,31)(H,26,27)(H,28,29)(H2,21,22,24,33). The number of aromatic hydroxyl groups is 1. The normalized spacial score (nSPS) is 10.5. The van der Waals surface area contributed by atoms with Crippen LogP contribution < -0.4 is 21.5 Å². The molecular weight excluding hydrogens is 440 g/mol. The first-order chi connectivity index (χ1) is 15.7. The van der Waals surface area contributed by atoms with Crippen LogP contribution >= 0.6 is 0 Å². The summed E-state index contributed by atoms with van der Waals surface area (Å²) in [5.74, 6) is -4.78. The molecule has 3 amide bonds. The highest BCUT2D eigenvalue weighted by Gasteiger charge is 2.25. The molecule has 0 aliphatic rings. The maximum atomic E-state index is 12.5. The van der Waals surface area contributed by atoms with Crippen molar-refractivity contribution in [1.82, 2.24) is 25.2 Å². The van der Waals surface area contributed by atoms with E-state index >= 15 is 0 Å². The Balaban J connectivity index is 2.08. The van der Waals surface area contributed by atoms with E-state index in [1.165, 1.54) is 0 Å². The van der Waals surface area contributed by atoms with E-state index < -0.39 is 54.0 Å². The van der Waals surface area contributed by atoms with Crippen molar-refractivity contribution in [3.8, 4) is 5.88 Å². The van der Waals surface area contributed by atoms with Gasteiger partial charge < -0.3 is 30.9 Å². The van der Waals surface area contributed by atoms with Crippen LogP contribution in [0, 0.1) is 0 Å². The van der Waals surface area contributed by atoms with Gasteiger partial charge in [0.2, 0.25) is 5.88 Å². The number of nitrogens with one attached hydrogen (secondary N) is 4. The summed E-state index contributed by atoms with van der Waals surface area (Å²) in [6.45, 7) is -1.45. The fourth-order valence-corrected chi connectivity index (χ4v) is 2.93. The van der Waals surface area contributed by atoms with Crippen LogP contribution in [0.3, 0.4) is 0 Å². The molecule has 0 aliphatic heterocycles. The molecule has 0 fully saturated rings. The fourth-order valence-electron chi connectivity index (χ4n) is 2.93. The summed E-state index contributed by atoms with van der Waals surface area (Å²) in [6, 6.07) is 7.94. The smallest absolute Gasteiger partial charge is 0.323 e. The van der Waals surface area contributed by atoms with E-state index in [0.29, 0.717) is 0 Å². The van der Waals surface area contributed by atoms with E-state index in [4.69, 9.17) is 10.2 Å². The Morgan fingerprint density at radius 2 is 1.64 bits per heavy atom. The highest BCUT2D eigenvalue weighted by molar-refractivity contribution is 5.98. The lowest BCUT2D eigenvalue weighted by molar-refractivity contribution is -0.136. The van der Waals surface area contributed by atoms with Crippen LogP contribution in [-0.2, 0) is 16.0 Å². The molecule has 0 bridgehead atoms. The first-order valence-electron chi connectivity index (χ1n) is 9.34. The van der Waals surface area contributed by atoms with Crippen molar-refractivity contribution >= 4 is 35.3 Å². The van der Waals surface area contributed by atoms with Crippen molar-refractivity contribution in [2.45, 2.75) is 6.42 Å². The third-order valence-corrected chi connectivity index (χ3v) is 4.35. The molecule has 2 aromatic heterocycles. The van der Waals surface area contributed by atoms with Crippen LogP contribution in [0.25, 0.3) is 5.65 Å². The SMILES string of the molecule is O=C(O)CNC(=O)Nc1nn2c(O)c(C(=O)NCC(=O)O)c(=O)[nH]c2c1Cc1ccccc1. The first kappa shape index (κ1) is 22.8. The molecule has 2 heterocycles. The topological polar surface area (TPSA) is 215 Å². The van der Waals surface area contributed by atoms with Crippen molar-refractivity contribution in [3.05, 3.63) is 57.4 Å². The summed E-state index contributed by atoms with van der Waals surface area (Å²) >= 11 is 0. The van der Waals surface area contributed by atoms with Crippen LogP contribution in [0.4, 0.5) is 10.6 Å². The van der Waals surface area contributed by atoms with Gasteiger partial charge in [0.1, 0.15) is 18.7 Å². The first-order valence-corrected chi connectivity index (χ1v) is 9.34. The van der Waals surface area contributed by atoms with Gasteiger partial charge in [-0.3, -0.25) is 24.5 Å². The molecule has 0 saturated carbocycles. The molecule has 3 rings (SSSR count). The van der Waals surface area contributed by atoms with E-state index in [2.05, 4.69) is 20.7 Å². The van der Waals surface area contributed by atoms with Crippen molar-refractivity contribution < 1.29 is 34.5 Å². The van der Waals surface area contributed by atoms with Gasteiger partial charge in [0.25, 0.3) is 11.5 Å². The third kappa shape index (κ3) is 5.25. The second-order valence-electron chi connectivity index (χ2n) is 6.68. The molecule has 3 aromatic rings. The second kappa shape index (κ2) is 9.51. The molecule has 0 unspecified atom stereocenters. The monoisotopic (exact) mass is 458 g/mol. The minimum absolute atomic E-state index is 0.0373. The third-order valence-electron chi connectivity index (χ3n) is 4.35. The Bertz CT molecular complexity index is 1300. The lowest BCUT2D eigenvalue weighted by Gasteiger charge is -2.07. The van der Waals surface area contributed by atoms with Crippen molar-refractivity contribution in [2.24, 2.45) is 0 Å². The Hall–Kier alpha value is -4.88. The molecule has 33 heavy (non-hydrogen) atoms. The van der Waals surface area contributed by atoms with Gasteiger partial charge in [-0.15, -0.1) is 5.10 Å². The summed E-state index contributed by atoms with van der Waals surface area (Å²) in [5, 5.41) is 38.4. The molecule has 0 spiro atoms. The maximum absolute atomic E-state index is 12.5. The number of carbonyl (C=O) groups excluding carboxylic acids is 2. The van der Waals surface area contributed by atoms with Gasteiger partial charge in [-0.2, -0.15) is 4.52 Å². The average molecular weight is 458 g/mol. The zero-order valence-corrected chi connectivity index (χ0v) is 16.8. The predicted molar refractivity (Wildman–Crippen MR) is 111 cm³/mol. The molecule has 0 saturated heterocycles. The number of nitrogens with zero attached hydrogens (tertiary/aromatic N) is 2. The van der Waals surface area contributed by atoms with E-state index in [9.17, 15) is 29.1 Å². The Labute approximate surface area is 183 Å². The van der Waals surface area contributed by atoms with Crippen LogP contribution in [0.1, 0.15) is 21.5 Å².